The Morgan fingerprint density at radius 2 is 1.92 bits per heavy atom. The number of aliphatic hydroxyl groups excluding tert-OH is 1. The first kappa shape index (κ1) is 34.0. The zero-order valence-electron chi connectivity index (χ0n) is 28.7. The van der Waals surface area contributed by atoms with Gasteiger partial charge in [-0.1, -0.05) is 30.4 Å². The van der Waals surface area contributed by atoms with E-state index >= 15 is 0 Å². The van der Waals surface area contributed by atoms with Crippen molar-refractivity contribution < 1.29 is 19.4 Å². The lowest BCUT2D eigenvalue weighted by atomic mass is 9.79. The molecule has 0 amide bonds. The number of rotatable bonds is 9. The van der Waals surface area contributed by atoms with Gasteiger partial charge in [0, 0.05) is 56.2 Å². The summed E-state index contributed by atoms with van der Waals surface area (Å²) in [6, 6.07) is 18.1. The first-order valence-electron chi connectivity index (χ1n) is 17.5. The molecule has 0 radical (unpaired) electrons. The molecule has 2 fully saturated rings. The van der Waals surface area contributed by atoms with Crippen LogP contribution in [0.15, 0.2) is 83.6 Å². The Bertz CT molecular complexity index is 2290. The molecule has 3 aromatic heterocycles. The van der Waals surface area contributed by atoms with Crippen molar-refractivity contribution in [2.45, 2.75) is 49.8 Å². The Morgan fingerprint density at radius 3 is 2.71 bits per heavy atom. The van der Waals surface area contributed by atoms with Crippen LogP contribution in [0.25, 0.3) is 27.6 Å². The fourth-order valence-corrected chi connectivity index (χ4v) is 8.06. The number of alkyl halides is 1. The number of halogens is 1. The molecule has 5 heterocycles. The lowest BCUT2D eigenvalue weighted by Gasteiger charge is -2.33. The van der Waals surface area contributed by atoms with Gasteiger partial charge in [0.05, 0.1) is 28.4 Å². The number of carbonyl (C=O) groups is 1. The maximum atomic E-state index is 11.5. The number of carboxylic acid groups (broad SMARTS) is 1. The van der Waals surface area contributed by atoms with Gasteiger partial charge in [0.1, 0.15) is 17.1 Å². The van der Waals surface area contributed by atoms with Gasteiger partial charge in [-0.15, -0.1) is 11.6 Å². The number of anilines is 2. The number of hydrogen-bond acceptors (Lipinski definition) is 10. The molecule has 1 aliphatic carbocycles. The number of benzene rings is 2. The minimum atomic E-state index is -0.938. The molecular weight excluding hydrogens is 678 g/mol. The van der Waals surface area contributed by atoms with Crippen LogP contribution in [0.1, 0.15) is 53.8 Å². The number of allylic oxidation sites excluding steroid dienone is 4. The molecule has 2 aliphatic heterocycles. The average Bonchev–Trinajstić information content (AvgIpc) is 3.88. The number of carboxylic acids is 1. The number of likely N-dealkylation sites (tertiary alicyclic amines) is 2. The van der Waals surface area contributed by atoms with Crippen molar-refractivity contribution in [1.29, 1.82) is 5.26 Å². The van der Waals surface area contributed by atoms with E-state index in [1.54, 1.807) is 12.3 Å². The summed E-state index contributed by atoms with van der Waals surface area (Å²) in [7, 11) is 0. The van der Waals surface area contributed by atoms with E-state index in [9.17, 15) is 20.3 Å². The third-order valence-corrected chi connectivity index (χ3v) is 10.8. The molecule has 5 aromatic rings. The largest absolute Gasteiger partial charge is 0.481 e. The van der Waals surface area contributed by atoms with Gasteiger partial charge >= 0.3 is 5.97 Å². The maximum absolute atomic E-state index is 11.5. The minimum Gasteiger partial charge on any atom is -0.481 e. The number of aromatic nitrogens is 3. The quantitative estimate of drug-likeness (QED) is 0.142. The Labute approximate surface area is 305 Å². The van der Waals surface area contributed by atoms with E-state index in [2.05, 4.69) is 32.2 Å². The molecule has 2 unspecified atom stereocenters. The highest BCUT2D eigenvalue weighted by Gasteiger charge is 2.41. The number of hydrogen-bond donors (Lipinski definition) is 3. The van der Waals surface area contributed by atoms with Crippen molar-refractivity contribution in [3.05, 3.63) is 107 Å². The summed E-state index contributed by atoms with van der Waals surface area (Å²) >= 11 is 7.43. The Morgan fingerprint density at radius 1 is 1.10 bits per heavy atom. The summed E-state index contributed by atoms with van der Waals surface area (Å²) < 4.78 is 6.29. The van der Waals surface area contributed by atoms with Crippen molar-refractivity contribution in [1.82, 2.24) is 24.8 Å². The SMILES string of the molecule is CC1(Cl)C(c2cccc(Nc3nccc4cc(CN5CC[C@H](O)C5)cnc34)c2)=CC=CC1c1nc2cc(CN3CC[C@@H](C(=O)O)C3)cc(C#N)c2o1. The van der Waals surface area contributed by atoms with Crippen LogP contribution in [0, 0.1) is 17.2 Å². The maximum Gasteiger partial charge on any atom is 0.307 e. The van der Waals surface area contributed by atoms with Gasteiger partial charge < -0.3 is 19.9 Å². The summed E-state index contributed by atoms with van der Waals surface area (Å²) in [5, 5.41) is 33.8. The van der Waals surface area contributed by atoms with E-state index in [-0.39, 0.29) is 12.0 Å². The molecule has 264 valence electrons. The molecule has 11 nitrogen and oxygen atoms in total. The van der Waals surface area contributed by atoms with E-state index in [1.165, 1.54) is 0 Å². The zero-order valence-corrected chi connectivity index (χ0v) is 29.4. The third kappa shape index (κ3) is 6.66. The van der Waals surface area contributed by atoms with Crippen LogP contribution < -0.4 is 5.32 Å². The van der Waals surface area contributed by atoms with Crippen LogP contribution in [0.4, 0.5) is 11.5 Å². The second kappa shape index (κ2) is 13.8. The molecule has 3 aliphatic rings. The summed E-state index contributed by atoms with van der Waals surface area (Å²) in [5.74, 6) is -0.519. The first-order valence-corrected chi connectivity index (χ1v) is 17.9. The number of β-amino-alcohol motifs (C(OH)–C–C–N with tert-alkyl or cyclic N) is 1. The normalized spacial score (nSPS) is 23.7. The molecule has 2 saturated heterocycles. The van der Waals surface area contributed by atoms with Gasteiger partial charge in [-0.25, -0.2) is 9.97 Å². The van der Waals surface area contributed by atoms with E-state index in [0.717, 1.165) is 58.4 Å². The molecule has 0 bridgehead atoms. The van der Waals surface area contributed by atoms with Gasteiger partial charge in [-0.2, -0.15) is 5.26 Å². The highest BCUT2D eigenvalue weighted by molar-refractivity contribution is 6.31. The number of nitrogens with zero attached hydrogens (tertiary/aromatic N) is 6. The lowest BCUT2D eigenvalue weighted by Crippen LogP contribution is -2.29. The molecule has 3 N–H and O–H groups in total. The summed E-state index contributed by atoms with van der Waals surface area (Å²) in [6.45, 7) is 5.94. The standard InChI is InChI=1S/C40H38ClN7O4/c1-40(41)32(6-3-7-33(40)38-46-34-16-24(14-29(18-42)36(34)52-38)20-47-12-9-28(22-47)39(50)51)26-4-2-5-30(17-26)45-37-35-27(8-11-43-37)15-25(19-44-35)21-48-13-10-31(49)23-48/h2-8,11,14-17,19,28,31,33,49H,9-10,12-13,20-23H2,1H3,(H,43,45)(H,50,51)/t28-,31+,33?,40?/m1/s1. The van der Waals surface area contributed by atoms with E-state index in [0.29, 0.717) is 61.0 Å². The van der Waals surface area contributed by atoms with Crippen LogP contribution >= 0.6 is 11.6 Å². The summed E-state index contributed by atoms with van der Waals surface area (Å²) in [4.78, 5) is 29.1. The van der Waals surface area contributed by atoms with Crippen molar-refractivity contribution in [3.63, 3.8) is 0 Å². The van der Waals surface area contributed by atoms with Gasteiger partial charge in [-0.3, -0.25) is 19.6 Å². The number of nitrogens with one attached hydrogen (secondary N) is 1. The Kier molecular flexibility index (Phi) is 9.01. The Hall–Kier alpha value is -5.12. The second-order valence-electron chi connectivity index (χ2n) is 14.2. The van der Waals surface area contributed by atoms with Crippen LogP contribution in [0.5, 0.6) is 0 Å². The predicted octanol–water partition coefficient (Wildman–Crippen LogP) is 6.59. The molecule has 2 aromatic carbocycles. The number of aliphatic hydroxyl groups is 1. The minimum absolute atomic E-state index is 0.260. The number of nitriles is 1. The lowest BCUT2D eigenvalue weighted by molar-refractivity contribution is -0.141. The highest BCUT2D eigenvalue weighted by Crippen LogP contribution is 2.48. The second-order valence-corrected chi connectivity index (χ2v) is 15.0. The average molecular weight is 716 g/mol. The number of aliphatic carboxylic acids is 1. The van der Waals surface area contributed by atoms with Gasteiger partial charge in [0.2, 0.25) is 5.89 Å². The fourth-order valence-electron chi connectivity index (χ4n) is 7.72. The van der Waals surface area contributed by atoms with E-state index in [4.69, 9.17) is 26.0 Å². The molecule has 52 heavy (non-hydrogen) atoms. The molecule has 12 heteroatoms. The van der Waals surface area contributed by atoms with E-state index < -0.39 is 16.8 Å². The van der Waals surface area contributed by atoms with Crippen LogP contribution in [-0.2, 0) is 17.9 Å². The molecule has 8 rings (SSSR count). The molecule has 0 saturated carbocycles. The third-order valence-electron chi connectivity index (χ3n) is 10.4. The van der Waals surface area contributed by atoms with Crippen molar-refractivity contribution >= 4 is 56.7 Å². The topological polar surface area (TPSA) is 152 Å². The van der Waals surface area contributed by atoms with E-state index in [1.807, 2.05) is 67.7 Å². The van der Waals surface area contributed by atoms with Crippen LogP contribution in [0.2, 0.25) is 0 Å². The molecule has 0 spiro atoms. The first-order chi connectivity index (χ1) is 25.1. The van der Waals surface area contributed by atoms with Gasteiger partial charge in [0.25, 0.3) is 0 Å². The number of fused-ring (bicyclic) bond motifs is 2. The van der Waals surface area contributed by atoms with Crippen molar-refractivity contribution in [2.24, 2.45) is 5.92 Å². The Balaban J connectivity index is 1.02. The highest BCUT2D eigenvalue weighted by atomic mass is 35.5. The van der Waals surface area contributed by atoms with Crippen molar-refractivity contribution in [3.8, 4) is 6.07 Å². The summed E-state index contributed by atoms with van der Waals surface area (Å²) in [6.07, 6.45) is 10.7. The van der Waals surface area contributed by atoms with Gasteiger partial charge in [-0.05, 0) is 85.0 Å². The predicted molar refractivity (Wildman–Crippen MR) is 199 cm³/mol. The monoisotopic (exact) mass is 715 g/mol. The molecular formula is C40H38ClN7O4. The smallest absolute Gasteiger partial charge is 0.307 e. The summed E-state index contributed by atoms with van der Waals surface area (Å²) in [5.41, 5.74) is 6.73. The van der Waals surface area contributed by atoms with Gasteiger partial charge in [0.15, 0.2) is 11.4 Å². The van der Waals surface area contributed by atoms with Crippen LogP contribution in [-0.4, -0.2) is 78.1 Å². The van der Waals surface area contributed by atoms with Crippen LogP contribution in [0.3, 0.4) is 0 Å². The number of oxazole rings is 1. The zero-order chi connectivity index (χ0) is 36.0. The fraction of sp³-hybridized carbons (Fsp3) is 0.325. The molecule has 4 atom stereocenters. The van der Waals surface area contributed by atoms with Crippen molar-refractivity contribution in [2.75, 3.05) is 31.5 Å². The number of pyridine rings is 2.